The first-order valence-corrected chi connectivity index (χ1v) is 7.01. The number of carbonyl (C=O) groups is 2. The number of carbonyl (C=O) groups excluding carboxylic acids is 1. The normalized spacial score (nSPS) is 16.6. The highest BCUT2D eigenvalue weighted by molar-refractivity contribution is 5.98. The first-order valence-electron chi connectivity index (χ1n) is 7.01. The van der Waals surface area contributed by atoms with E-state index >= 15 is 0 Å². The number of carboxylic acid groups (broad SMARTS) is 1. The molecule has 0 saturated heterocycles. The summed E-state index contributed by atoms with van der Waals surface area (Å²) >= 11 is 0. The van der Waals surface area contributed by atoms with E-state index in [-0.39, 0.29) is 5.78 Å². The molecule has 1 aromatic rings. The van der Waals surface area contributed by atoms with Crippen LogP contribution < -0.4 is 4.74 Å². The zero-order valence-electron chi connectivity index (χ0n) is 12.2. The molecule has 0 radical (unpaired) electrons. The Morgan fingerprint density at radius 3 is 2.65 bits per heavy atom. The lowest BCUT2D eigenvalue weighted by atomic mass is 9.93. The number of ketones is 1. The molecule has 0 bridgehead atoms. The van der Waals surface area contributed by atoms with Crippen molar-refractivity contribution in [1.82, 2.24) is 0 Å². The number of fused-ring (bicyclic) bond motifs is 1. The monoisotopic (exact) mass is 276 g/mol. The molecule has 1 heterocycles. The van der Waals surface area contributed by atoms with Crippen molar-refractivity contribution in [2.24, 2.45) is 0 Å². The average molecular weight is 276 g/mol. The van der Waals surface area contributed by atoms with E-state index in [1.165, 1.54) is 0 Å². The number of rotatable bonds is 5. The average Bonchev–Trinajstić information content (AvgIpc) is 2.84. The summed E-state index contributed by atoms with van der Waals surface area (Å²) in [6.45, 7) is 5.83. The van der Waals surface area contributed by atoms with Gasteiger partial charge in [0.2, 0.25) is 0 Å². The minimum Gasteiger partial charge on any atom is -0.478 e. The van der Waals surface area contributed by atoms with Gasteiger partial charge in [-0.1, -0.05) is 13.3 Å². The fourth-order valence-electron chi connectivity index (χ4n) is 2.56. The second-order valence-electron chi connectivity index (χ2n) is 5.34. The van der Waals surface area contributed by atoms with E-state index in [0.29, 0.717) is 24.2 Å². The number of Topliss-reactive ketones (excluding diaryl/α,β-unsaturated/α-hetero) is 1. The van der Waals surface area contributed by atoms with Crippen molar-refractivity contribution in [3.63, 3.8) is 0 Å². The van der Waals surface area contributed by atoms with Crippen LogP contribution in [0.15, 0.2) is 6.07 Å². The smallest absolute Gasteiger partial charge is 0.345 e. The maximum absolute atomic E-state index is 12.2. The van der Waals surface area contributed by atoms with E-state index in [4.69, 9.17) is 9.84 Å². The zero-order valence-corrected chi connectivity index (χ0v) is 12.2. The van der Waals surface area contributed by atoms with Gasteiger partial charge < -0.3 is 9.84 Å². The third-order valence-electron chi connectivity index (χ3n) is 3.92. The minimum absolute atomic E-state index is 0.133. The van der Waals surface area contributed by atoms with E-state index in [9.17, 15) is 9.59 Å². The standard InChI is InChI=1S/C16H20O4/c1-4-5-6-13(17)12-7-11-8-14(16(18)19)20-15(11)10(3)9(12)2/h7,14H,4-6,8H2,1-3H3,(H,18,19). The molecular formula is C16H20O4. The summed E-state index contributed by atoms with van der Waals surface area (Å²) in [6.07, 6.45) is 1.91. The molecule has 2 rings (SSSR count). The molecule has 0 amide bonds. The van der Waals surface area contributed by atoms with Crippen LogP contribution in [0.1, 0.15) is 53.2 Å². The Labute approximate surface area is 118 Å². The van der Waals surface area contributed by atoms with Crippen LogP contribution in [-0.4, -0.2) is 23.0 Å². The second kappa shape index (κ2) is 5.65. The van der Waals surface area contributed by atoms with Gasteiger partial charge in [0.05, 0.1) is 0 Å². The van der Waals surface area contributed by atoms with E-state index in [0.717, 1.165) is 29.5 Å². The van der Waals surface area contributed by atoms with E-state index in [1.807, 2.05) is 19.9 Å². The van der Waals surface area contributed by atoms with Crippen molar-refractivity contribution in [3.8, 4) is 5.75 Å². The van der Waals surface area contributed by atoms with Crippen LogP contribution in [-0.2, 0) is 11.2 Å². The van der Waals surface area contributed by atoms with Gasteiger partial charge in [-0.15, -0.1) is 0 Å². The van der Waals surface area contributed by atoms with Gasteiger partial charge in [-0.05, 0) is 43.0 Å². The fourth-order valence-corrected chi connectivity index (χ4v) is 2.56. The predicted molar refractivity (Wildman–Crippen MR) is 75.5 cm³/mol. The summed E-state index contributed by atoms with van der Waals surface area (Å²) < 4.78 is 5.49. The van der Waals surface area contributed by atoms with Gasteiger partial charge in [0.25, 0.3) is 0 Å². The molecule has 4 nitrogen and oxygen atoms in total. The molecule has 4 heteroatoms. The van der Waals surface area contributed by atoms with Gasteiger partial charge >= 0.3 is 5.97 Å². The number of hydrogen-bond donors (Lipinski definition) is 1. The first kappa shape index (κ1) is 14.6. The van der Waals surface area contributed by atoms with Crippen molar-refractivity contribution in [3.05, 3.63) is 28.3 Å². The predicted octanol–water partition coefficient (Wildman–Crippen LogP) is 3.06. The van der Waals surface area contributed by atoms with Gasteiger partial charge in [0.15, 0.2) is 11.9 Å². The highest BCUT2D eigenvalue weighted by Gasteiger charge is 2.31. The van der Waals surface area contributed by atoms with Crippen LogP contribution in [0.4, 0.5) is 0 Å². The third-order valence-corrected chi connectivity index (χ3v) is 3.92. The summed E-state index contributed by atoms with van der Waals surface area (Å²) in [4.78, 5) is 23.3. The van der Waals surface area contributed by atoms with Gasteiger partial charge in [0.1, 0.15) is 5.75 Å². The summed E-state index contributed by atoms with van der Waals surface area (Å²) in [6, 6.07) is 1.82. The highest BCUT2D eigenvalue weighted by atomic mass is 16.5. The molecule has 1 aromatic carbocycles. The van der Waals surface area contributed by atoms with Crippen LogP contribution in [0, 0.1) is 13.8 Å². The molecule has 1 aliphatic rings. The summed E-state index contributed by atoms with van der Waals surface area (Å²) in [5, 5.41) is 9.05. The lowest BCUT2D eigenvalue weighted by Crippen LogP contribution is -2.24. The molecule has 0 aromatic heterocycles. The van der Waals surface area contributed by atoms with Crippen molar-refractivity contribution in [2.75, 3.05) is 0 Å². The van der Waals surface area contributed by atoms with Gasteiger partial charge in [-0.3, -0.25) is 4.79 Å². The molecule has 0 saturated carbocycles. The maximum Gasteiger partial charge on any atom is 0.345 e. The summed E-state index contributed by atoms with van der Waals surface area (Å²) in [7, 11) is 0. The number of unbranched alkanes of at least 4 members (excludes halogenated alkanes) is 1. The first-order chi connectivity index (χ1) is 9.45. The molecule has 0 aliphatic carbocycles. The summed E-state index contributed by atoms with van der Waals surface area (Å²) in [5.41, 5.74) is 3.33. The quantitative estimate of drug-likeness (QED) is 0.839. The number of carboxylic acids is 1. The van der Waals surface area contributed by atoms with E-state index in [1.54, 1.807) is 0 Å². The second-order valence-corrected chi connectivity index (χ2v) is 5.34. The highest BCUT2D eigenvalue weighted by Crippen LogP contribution is 2.36. The van der Waals surface area contributed by atoms with E-state index < -0.39 is 12.1 Å². The molecular weight excluding hydrogens is 256 g/mol. The van der Waals surface area contributed by atoms with Crippen molar-refractivity contribution in [2.45, 2.75) is 52.6 Å². The minimum atomic E-state index is -0.961. The zero-order chi connectivity index (χ0) is 14.9. The largest absolute Gasteiger partial charge is 0.478 e. The van der Waals surface area contributed by atoms with Crippen LogP contribution in [0.3, 0.4) is 0 Å². The Morgan fingerprint density at radius 2 is 2.05 bits per heavy atom. The van der Waals surface area contributed by atoms with Crippen molar-refractivity contribution >= 4 is 11.8 Å². The van der Waals surface area contributed by atoms with Crippen LogP contribution in [0.2, 0.25) is 0 Å². The lowest BCUT2D eigenvalue weighted by molar-refractivity contribution is -0.144. The topological polar surface area (TPSA) is 63.6 Å². The maximum atomic E-state index is 12.2. The molecule has 1 aliphatic heterocycles. The number of benzene rings is 1. The molecule has 20 heavy (non-hydrogen) atoms. The van der Waals surface area contributed by atoms with Gasteiger partial charge in [0, 0.05) is 18.4 Å². The number of ether oxygens (including phenoxy) is 1. The SMILES string of the molecule is CCCCC(=O)c1cc2c(c(C)c1C)OC(C(=O)O)C2. The lowest BCUT2D eigenvalue weighted by Gasteiger charge is -2.12. The van der Waals surface area contributed by atoms with Crippen molar-refractivity contribution in [1.29, 1.82) is 0 Å². The van der Waals surface area contributed by atoms with Crippen molar-refractivity contribution < 1.29 is 19.4 Å². The Morgan fingerprint density at radius 1 is 1.35 bits per heavy atom. The Kier molecular flexibility index (Phi) is 4.12. The molecule has 108 valence electrons. The van der Waals surface area contributed by atoms with Crippen LogP contribution >= 0.6 is 0 Å². The molecule has 1 unspecified atom stereocenters. The number of hydrogen-bond acceptors (Lipinski definition) is 3. The molecule has 0 fully saturated rings. The Bertz CT molecular complexity index is 560. The van der Waals surface area contributed by atoms with Crippen LogP contribution in [0.25, 0.3) is 0 Å². The number of aliphatic carboxylic acids is 1. The van der Waals surface area contributed by atoms with Gasteiger partial charge in [-0.2, -0.15) is 0 Å². The van der Waals surface area contributed by atoms with Crippen LogP contribution in [0.5, 0.6) is 5.75 Å². The fraction of sp³-hybridized carbons (Fsp3) is 0.500. The van der Waals surface area contributed by atoms with E-state index in [2.05, 4.69) is 6.92 Å². The molecule has 0 spiro atoms. The summed E-state index contributed by atoms with van der Waals surface area (Å²) in [5.74, 6) is -0.187. The van der Waals surface area contributed by atoms with Gasteiger partial charge in [-0.25, -0.2) is 4.79 Å². The Balaban J connectivity index is 2.35. The Hall–Kier alpha value is -1.84. The molecule has 1 N–H and O–H groups in total. The third kappa shape index (κ3) is 2.55. The molecule has 1 atom stereocenters.